The molecule has 0 aliphatic carbocycles. The topological polar surface area (TPSA) is 103 Å². The summed E-state index contributed by atoms with van der Waals surface area (Å²) in [6, 6.07) is 12.9. The van der Waals surface area contributed by atoms with E-state index in [2.05, 4.69) is 5.32 Å². The largest absolute Gasteiger partial charge is 0.507 e. The summed E-state index contributed by atoms with van der Waals surface area (Å²) in [6.07, 6.45) is 0.545. The number of cyclic esters (lactones) is 1. The van der Waals surface area contributed by atoms with E-state index in [-0.39, 0.29) is 29.6 Å². The molecule has 1 amide bonds. The normalized spacial score (nSPS) is 17.6. The second-order valence-electron chi connectivity index (χ2n) is 9.98. The number of rotatable bonds is 10. The van der Waals surface area contributed by atoms with Crippen LogP contribution in [0.2, 0.25) is 0 Å². The van der Waals surface area contributed by atoms with E-state index in [9.17, 15) is 14.7 Å². The van der Waals surface area contributed by atoms with Crippen molar-refractivity contribution in [1.82, 2.24) is 5.32 Å². The lowest BCUT2D eigenvalue weighted by Crippen LogP contribution is -2.51. The zero-order valence-corrected chi connectivity index (χ0v) is 21.8. The molecule has 1 heterocycles. The summed E-state index contributed by atoms with van der Waals surface area (Å²) in [6.45, 7) is 6.30. The molecule has 0 fully saturated rings. The molecule has 2 N–H and O–H groups in total. The van der Waals surface area contributed by atoms with E-state index in [0.29, 0.717) is 35.8 Å². The van der Waals surface area contributed by atoms with Crippen LogP contribution in [0.15, 0.2) is 53.8 Å². The minimum atomic E-state index is -1.81. The van der Waals surface area contributed by atoms with Gasteiger partial charge in [-0.05, 0) is 35.1 Å². The number of hydrogen-bond acceptors (Lipinski definition) is 7. The molecule has 8 nitrogen and oxygen atoms in total. The van der Waals surface area contributed by atoms with E-state index in [0.717, 1.165) is 5.56 Å². The minimum absolute atomic E-state index is 0.0149. The fraction of sp³-hybridized carbons (Fsp3) is 0.429. The van der Waals surface area contributed by atoms with Gasteiger partial charge in [-0.3, -0.25) is 4.79 Å². The maximum Gasteiger partial charge on any atom is 0.339 e. The second kappa shape index (κ2) is 10.9. The molecule has 1 aliphatic heterocycles. The van der Waals surface area contributed by atoms with Crippen LogP contribution < -0.4 is 19.5 Å². The number of carbonyl (C=O) groups excluding carboxylic acids is 2. The molecule has 0 aromatic heterocycles. The number of carbonyl (C=O) groups is 2. The number of esters is 1. The average molecular weight is 498 g/mol. The molecule has 2 aromatic carbocycles. The summed E-state index contributed by atoms with van der Waals surface area (Å²) >= 11 is 0. The van der Waals surface area contributed by atoms with Crippen molar-refractivity contribution >= 4 is 11.9 Å². The molecule has 0 saturated heterocycles. The first-order chi connectivity index (χ1) is 17.0. The molecule has 2 aromatic rings. The molecule has 8 heteroatoms. The molecule has 1 atom stereocenters. The molecule has 36 heavy (non-hydrogen) atoms. The van der Waals surface area contributed by atoms with Gasteiger partial charge in [0.1, 0.15) is 0 Å². The van der Waals surface area contributed by atoms with Crippen molar-refractivity contribution in [1.29, 1.82) is 0 Å². The SMILES string of the molecule is COc1cc(CC2=C(O)C(CCc3ccccc3)(C(=O)NCC(C)(C)C)OC2=O)cc(OC)c1OC. The number of aliphatic hydroxyl groups is 1. The highest BCUT2D eigenvalue weighted by Crippen LogP contribution is 2.41. The van der Waals surface area contributed by atoms with Gasteiger partial charge in [-0.15, -0.1) is 0 Å². The quantitative estimate of drug-likeness (QED) is 0.475. The zero-order chi connectivity index (χ0) is 26.5. The van der Waals surface area contributed by atoms with Gasteiger partial charge in [-0.2, -0.15) is 0 Å². The molecule has 0 saturated carbocycles. The lowest BCUT2D eigenvalue weighted by molar-refractivity contribution is -0.160. The lowest BCUT2D eigenvalue weighted by Gasteiger charge is -2.29. The van der Waals surface area contributed by atoms with Crippen LogP contribution in [0.4, 0.5) is 0 Å². The summed E-state index contributed by atoms with van der Waals surface area (Å²) < 4.78 is 21.9. The van der Waals surface area contributed by atoms with Crippen LogP contribution in [0, 0.1) is 5.41 Å². The third-order valence-corrected chi connectivity index (χ3v) is 6.04. The van der Waals surface area contributed by atoms with Gasteiger partial charge >= 0.3 is 5.97 Å². The second-order valence-corrected chi connectivity index (χ2v) is 9.98. The standard InChI is InChI=1S/C28H35NO7/c1-27(2,3)17-29-26(32)28(13-12-18-10-8-7-9-11-18)24(30)20(25(31)36-28)14-19-15-21(33-4)23(35-6)22(16-19)34-5/h7-11,15-16,30H,12-14,17H2,1-6H3,(H,29,32). The number of aliphatic hydroxyl groups excluding tert-OH is 1. The zero-order valence-electron chi connectivity index (χ0n) is 21.8. The van der Waals surface area contributed by atoms with Crippen LogP contribution in [-0.4, -0.2) is 50.5 Å². The van der Waals surface area contributed by atoms with Crippen molar-refractivity contribution in [2.75, 3.05) is 27.9 Å². The number of aryl methyl sites for hydroxylation is 1. The van der Waals surface area contributed by atoms with E-state index in [1.807, 2.05) is 51.1 Å². The smallest absolute Gasteiger partial charge is 0.339 e. The van der Waals surface area contributed by atoms with Crippen molar-refractivity contribution in [3.63, 3.8) is 0 Å². The van der Waals surface area contributed by atoms with Crippen LogP contribution in [0.5, 0.6) is 17.2 Å². The maximum absolute atomic E-state index is 13.4. The van der Waals surface area contributed by atoms with Gasteiger partial charge in [-0.1, -0.05) is 51.1 Å². The first-order valence-corrected chi connectivity index (χ1v) is 11.8. The third kappa shape index (κ3) is 5.75. The molecule has 0 bridgehead atoms. The molecule has 194 valence electrons. The van der Waals surface area contributed by atoms with Gasteiger partial charge in [0.25, 0.3) is 5.91 Å². The predicted octanol–water partition coefficient (Wildman–Crippen LogP) is 4.16. The fourth-order valence-corrected chi connectivity index (χ4v) is 4.10. The number of hydrogen-bond donors (Lipinski definition) is 2. The number of ether oxygens (including phenoxy) is 4. The molecule has 1 unspecified atom stereocenters. The van der Waals surface area contributed by atoms with Gasteiger partial charge in [0, 0.05) is 19.4 Å². The monoisotopic (exact) mass is 497 g/mol. The van der Waals surface area contributed by atoms with Gasteiger partial charge in [0.15, 0.2) is 17.3 Å². The Morgan fingerprint density at radius 3 is 2.14 bits per heavy atom. The van der Waals surface area contributed by atoms with Gasteiger partial charge < -0.3 is 29.4 Å². The highest BCUT2D eigenvalue weighted by molar-refractivity contribution is 6.01. The van der Waals surface area contributed by atoms with Crippen LogP contribution >= 0.6 is 0 Å². The average Bonchev–Trinajstić information content (AvgIpc) is 3.10. The summed E-state index contributed by atoms with van der Waals surface area (Å²) in [5, 5.41) is 14.2. The molecule has 0 spiro atoms. The Labute approximate surface area is 212 Å². The first kappa shape index (κ1) is 26.9. The van der Waals surface area contributed by atoms with Crippen LogP contribution in [0.1, 0.15) is 38.3 Å². The van der Waals surface area contributed by atoms with Crippen molar-refractivity contribution in [2.45, 2.75) is 45.6 Å². The number of benzene rings is 2. The Morgan fingerprint density at radius 2 is 1.61 bits per heavy atom. The van der Waals surface area contributed by atoms with Crippen molar-refractivity contribution in [3.05, 3.63) is 64.9 Å². The summed E-state index contributed by atoms with van der Waals surface area (Å²) in [5.74, 6) is -0.411. The minimum Gasteiger partial charge on any atom is -0.507 e. The van der Waals surface area contributed by atoms with Crippen molar-refractivity contribution in [2.24, 2.45) is 5.41 Å². The number of methoxy groups -OCH3 is 3. The predicted molar refractivity (Wildman–Crippen MR) is 136 cm³/mol. The Morgan fingerprint density at radius 1 is 1.00 bits per heavy atom. The van der Waals surface area contributed by atoms with Crippen LogP contribution in [0.25, 0.3) is 0 Å². The molecular formula is C28H35NO7. The molecule has 1 aliphatic rings. The first-order valence-electron chi connectivity index (χ1n) is 11.8. The number of amides is 1. The van der Waals surface area contributed by atoms with Crippen LogP contribution in [0.3, 0.4) is 0 Å². The van der Waals surface area contributed by atoms with Crippen molar-refractivity contribution in [3.8, 4) is 17.2 Å². The van der Waals surface area contributed by atoms with Gasteiger partial charge in [-0.25, -0.2) is 4.79 Å². The van der Waals surface area contributed by atoms with E-state index >= 15 is 0 Å². The van der Waals surface area contributed by atoms with Gasteiger partial charge in [0.05, 0.1) is 26.9 Å². The maximum atomic E-state index is 13.4. The van der Waals surface area contributed by atoms with E-state index in [4.69, 9.17) is 18.9 Å². The number of nitrogens with one attached hydrogen (secondary N) is 1. The molecule has 0 radical (unpaired) electrons. The van der Waals surface area contributed by atoms with Gasteiger partial charge in [0.2, 0.25) is 11.4 Å². The lowest BCUT2D eigenvalue weighted by atomic mass is 9.89. The van der Waals surface area contributed by atoms with E-state index in [1.165, 1.54) is 21.3 Å². The molecule has 3 rings (SSSR count). The Hall–Kier alpha value is -3.68. The summed E-state index contributed by atoms with van der Waals surface area (Å²) in [4.78, 5) is 26.5. The Bertz CT molecular complexity index is 1110. The Kier molecular flexibility index (Phi) is 8.17. The van der Waals surface area contributed by atoms with E-state index < -0.39 is 17.5 Å². The highest BCUT2D eigenvalue weighted by Gasteiger charge is 2.53. The summed E-state index contributed by atoms with van der Waals surface area (Å²) in [7, 11) is 4.49. The highest BCUT2D eigenvalue weighted by atomic mass is 16.6. The molecular weight excluding hydrogens is 462 g/mol. The Balaban J connectivity index is 1.99. The third-order valence-electron chi connectivity index (χ3n) is 6.04. The van der Waals surface area contributed by atoms with Crippen molar-refractivity contribution < 1.29 is 33.6 Å². The van der Waals surface area contributed by atoms with E-state index in [1.54, 1.807) is 12.1 Å². The van der Waals surface area contributed by atoms with Crippen LogP contribution in [-0.2, 0) is 27.2 Å². The fourth-order valence-electron chi connectivity index (χ4n) is 4.10. The summed E-state index contributed by atoms with van der Waals surface area (Å²) in [5.41, 5.74) is -0.409.